The molecule has 3 rings (SSSR count). The standard InChI is InChI=1S/C17H22N2O2/c1-19-15-10-6-5-9-13(15)14(11-16(19)20)17(21)18-12-7-3-2-4-8-12/h5-6,9-10,12,14H,2-4,7-8,11H2,1H3,(H,18,21). The van der Waals surface area contributed by atoms with Gasteiger partial charge in [0, 0.05) is 25.2 Å². The van der Waals surface area contributed by atoms with E-state index in [4.69, 9.17) is 0 Å². The van der Waals surface area contributed by atoms with Crippen molar-refractivity contribution >= 4 is 17.5 Å². The Bertz CT molecular complexity index is 549. The molecule has 1 N–H and O–H groups in total. The number of amides is 2. The summed E-state index contributed by atoms with van der Waals surface area (Å²) in [6.45, 7) is 0. The zero-order valence-electron chi connectivity index (χ0n) is 12.5. The lowest BCUT2D eigenvalue weighted by atomic mass is 9.88. The molecular formula is C17H22N2O2. The van der Waals surface area contributed by atoms with Crippen LogP contribution in [0.15, 0.2) is 24.3 Å². The molecule has 0 saturated heterocycles. The van der Waals surface area contributed by atoms with Crippen LogP contribution in [0.1, 0.15) is 50.0 Å². The van der Waals surface area contributed by atoms with E-state index in [1.165, 1.54) is 19.3 Å². The van der Waals surface area contributed by atoms with Gasteiger partial charge in [-0.25, -0.2) is 0 Å². The summed E-state index contributed by atoms with van der Waals surface area (Å²) in [5.74, 6) is -0.319. The fourth-order valence-corrected chi connectivity index (χ4v) is 3.43. The van der Waals surface area contributed by atoms with E-state index in [9.17, 15) is 9.59 Å². The van der Waals surface area contributed by atoms with Crippen LogP contribution in [0.3, 0.4) is 0 Å². The van der Waals surface area contributed by atoms with E-state index in [0.717, 1.165) is 24.1 Å². The maximum atomic E-state index is 12.6. The lowest BCUT2D eigenvalue weighted by Crippen LogP contribution is -2.43. The second-order valence-corrected chi connectivity index (χ2v) is 6.11. The van der Waals surface area contributed by atoms with Crippen molar-refractivity contribution in [3.63, 3.8) is 0 Å². The van der Waals surface area contributed by atoms with Gasteiger partial charge in [-0.15, -0.1) is 0 Å². The number of nitrogens with zero attached hydrogens (tertiary/aromatic N) is 1. The summed E-state index contributed by atoms with van der Waals surface area (Å²) in [5.41, 5.74) is 1.82. The van der Waals surface area contributed by atoms with E-state index < -0.39 is 0 Å². The molecule has 21 heavy (non-hydrogen) atoms. The zero-order chi connectivity index (χ0) is 14.8. The monoisotopic (exact) mass is 286 g/mol. The maximum absolute atomic E-state index is 12.6. The highest BCUT2D eigenvalue weighted by Crippen LogP contribution is 2.35. The number of benzene rings is 1. The lowest BCUT2D eigenvalue weighted by Gasteiger charge is -2.32. The van der Waals surface area contributed by atoms with Gasteiger partial charge in [0.15, 0.2) is 0 Å². The highest BCUT2D eigenvalue weighted by atomic mass is 16.2. The first kappa shape index (κ1) is 14.1. The van der Waals surface area contributed by atoms with Gasteiger partial charge in [0.05, 0.1) is 5.92 Å². The van der Waals surface area contributed by atoms with E-state index in [1.807, 2.05) is 24.3 Å². The van der Waals surface area contributed by atoms with Crippen molar-refractivity contribution in [1.82, 2.24) is 5.32 Å². The summed E-state index contributed by atoms with van der Waals surface area (Å²) in [7, 11) is 1.77. The highest BCUT2D eigenvalue weighted by molar-refractivity contribution is 6.02. The summed E-state index contributed by atoms with van der Waals surface area (Å²) in [6, 6.07) is 8.00. The number of carbonyl (C=O) groups is 2. The fraction of sp³-hybridized carbons (Fsp3) is 0.529. The van der Waals surface area contributed by atoms with Crippen molar-refractivity contribution in [3.8, 4) is 0 Å². The van der Waals surface area contributed by atoms with Crippen molar-refractivity contribution < 1.29 is 9.59 Å². The Kier molecular flexibility index (Phi) is 3.95. The summed E-state index contributed by atoms with van der Waals surface area (Å²) in [5, 5.41) is 3.16. The van der Waals surface area contributed by atoms with Crippen LogP contribution < -0.4 is 10.2 Å². The quantitative estimate of drug-likeness (QED) is 0.908. The van der Waals surface area contributed by atoms with Crippen LogP contribution in [-0.2, 0) is 9.59 Å². The minimum absolute atomic E-state index is 0.0100. The van der Waals surface area contributed by atoms with E-state index in [1.54, 1.807) is 11.9 Å². The van der Waals surface area contributed by atoms with Crippen molar-refractivity contribution in [2.45, 2.75) is 50.5 Å². The Labute approximate surface area is 125 Å². The first-order valence-corrected chi connectivity index (χ1v) is 7.82. The van der Waals surface area contributed by atoms with Gasteiger partial charge in [-0.2, -0.15) is 0 Å². The number of para-hydroxylation sites is 1. The topological polar surface area (TPSA) is 49.4 Å². The third-order valence-electron chi connectivity index (χ3n) is 4.69. The van der Waals surface area contributed by atoms with Crippen LogP contribution in [0.25, 0.3) is 0 Å². The smallest absolute Gasteiger partial charge is 0.228 e. The first-order valence-electron chi connectivity index (χ1n) is 7.82. The Morgan fingerprint density at radius 1 is 1.19 bits per heavy atom. The minimum Gasteiger partial charge on any atom is -0.353 e. The van der Waals surface area contributed by atoms with E-state index >= 15 is 0 Å². The summed E-state index contributed by atoms with van der Waals surface area (Å²) < 4.78 is 0. The van der Waals surface area contributed by atoms with Crippen molar-refractivity contribution in [3.05, 3.63) is 29.8 Å². The van der Waals surface area contributed by atoms with Crippen molar-refractivity contribution in [2.24, 2.45) is 0 Å². The fourth-order valence-electron chi connectivity index (χ4n) is 3.43. The third kappa shape index (κ3) is 2.80. The minimum atomic E-state index is -0.341. The maximum Gasteiger partial charge on any atom is 0.228 e. The molecule has 0 aromatic heterocycles. The molecule has 1 saturated carbocycles. The Balaban J connectivity index is 1.79. The Morgan fingerprint density at radius 3 is 2.67 bits per heavy atom. The molecule has 1 aromatic carbocycles. The molecule has 0 radical (unpaired) electrons. The zero-order valence-corrected chi connectivity index (χ0v) is 12.5. The molecular weight excluding hydrogens is 264 g/mol. The molecule has 1 fully saturated rings. The van der Waals surface area contributed by atoms with Gasteiger partial charge < -0.3 is 10.2 Å². The highest BCUT2D eigenvalue weighted by Gasteiger charge is 2.34. The lowest BCUT2D eigenvalue weighted by molar-refractivity contribution is -0.127. The predicted octanol–water partition coefficient (Wildman–Crippen LogP) is 2.59. The molecule has 0 bridgehead atoms. The molecule has 1 aliphatic carbocycles. The molecule has 112 valence electrons. The van der Waals surface area contributed by atoms with Crippen LogP contribution >= 0.6 is 0 Å². The molecule has 0 spiro atoms. The second kappa shape index (κ2) is 5.88. The number of rotatable bonds is 2. The number of hydrogen-bond donors (Lipinski definition) is 1. The molecule has 1 aromatic rings. The number of fused-ring (bicyclic) bond motifs is 1. The van der Waals surface area contributed by atoms with Crippen LogP contribution in [0.2, 0.25) is 0 Å². The van der Waals surface area contributed by atoms with Gasteiger partial charge >= 0.3 is 0 Å². The average molecular weight is 286 g/mol. The molecule has 2 amide bonds. The molecule has 1 unspecified atom stereocenters. The summed E-state index contributed by atoms with van der Waals surface area (Å²) in [4.78, 5) is 26.4. The third-order valence-corrected chi connectivity index (χ3v) is 4.69. The average Bonchev–Trinajstić information content (AvgIpc) is 2.52. The first-order chi connectivity index (χ1) is 10.2. The van der Waals surface area contributed by atoms with Gasteiger partial charge in [0.25, 0.3) is 0 Å². The second-order valence-electron chi connectivity index (χ2n) is 6.11. The summed E-state index contributed by atoms with van der Waals surface area (Å²) in [6.07, 6.45) is 6.04. The molecule has 1 aliphatic heterocycles. The molecule has 4 heteroatoms. The van der Waals surface area contributed by atoms with Crippen molar-refractivity contribution in [2.75, 3.05) is 11.9 Å². The van der Waals surface area contributed by atoms with Crippen molar-refractivity contribution in [1.29, 1.82) is 0 Å². The van der Waals surface area contributed by atoms with Gasteiger partial charge in [-0.3, -0.25) is 9.59 Å². The largest absolute Gasteiger partial charge is 0.353 e. The van der Waals surface area contributed by atoms with Gasteiger partial charge in [-0.1, -0.05) is 37.5 Å². The van der Waals surface area contributed by atoms with Crippen LogP contribution in [0, 0.1) is 0 Å². The van der Waals surface area contributed by atoms with Gasteiger partial charge in [-0.05, 0) is 24.5 Å². The normalized spacial score (nSPS) is 22.8. The number of anilines is 1. The summed E-state index contributed by atoms with van der Waals surface area (Å²) >= 11 is 0. The number of nitrogens with one attached hydrogen (secondary N) is 1. The van der Waals surface area contributed by atoms with Crippen LogP contribution in [0.4, 0.5) is 5.69 Å². The Morgan fingerprint density at radius 2 is 1.90 bits per heavy atom. The molecule has 1 atom stereocenters. The number of hydrogen-bond acceptors (Lipinski definition) is 2. The Hall–Kier alpha value is -1.84. The van der Waals surface area contributed by atoms with Crippen LogP contribution in [-0.4, -0.2) is 24.9 Å². The molecule has 4 nitrogen and oxygen atoms in total. The molecule has 1 heterocycles. The van der Waals surface area contributed by atoms with E-state index in [2.05, 4.69) is 5.32 Å². The van der Waals surface area contributed by atoms with Gasteiger partial charge in [0.2, 0.25) is 11.8 Å². The van der Waals surface area contributed by atoms with E-state index in [0.29, 0.717) is 0 Å². The van der Waals surface area contributed by atoms with Crippen LogP contribution in [0.5, 0.6) is 0 Å². The predicted molar refractivity (Wildman–Crippen MR) is 82.2 cm³/mol. The SMILES string of the molecule is CN1C(=O)CC(C(=O)NC2CCCCC2)c2ccccc21. The molecule has 2 aliphatic rings. The number of carbonyl (C=O) groups excluding carboxylic acids is 2. The van der Waals surface area contributed by atoms with Gasteiger partial charge in [0.1, 0.15) is 0 Å². The van der Waals surface area contributed by atoms with E-state index in [-0.39, 0.29) is 30.2 Å².